The Labute approximate surface area is 130 Å². The lowest BCUT2D eigenvalue weighted by Crippen LogP contribution is -2.60. The molecule has 1 aromatic rings. The van der Waals surface area contributed by atoms with Crippen LogP contribution in [0.15, 0.2) is 6.20 Å². The van der Waals surface area contributed by atoms with Gasteiger partial charge in [0.25, 0.3) is 0 Å². The van der Waals surface area contributed by atoms with Crippen molar-refractivity contribution in [3.05, 3.63) is 17.5 Å². The molecule has 22 heavy (non-hydrogen) atoms. The van der Waals surface area contributed by atoms with Crippen molar-refractivity contribution < 1.29 is 9.59 Å². The first-order valence-corrected chi connectivity index (χ1v) is 7.86. The van der Waals surface area contributed by atoms with E-state index in [1.807, 2.05) is 17.8 Å². The van der Waals surface area contributed by atoms with E-state index in [0.29, 0.717) is 19.5 Å². The van der Waals surface area contributed by atoms with Gasteiger partial charge in [-0.1, -0.05) is 0 Å². The van der Waals surface area contributed by atoms with E-state index in [-0.39, 0.29) is 23.9 Å². The Morgan fingerprint density at radius 1 is 1.45 bits per heavy atom. The van der Waals surface area contributed by atoms with Crippen molar-refractivity contribution in [2.24, 2.45) is 0 Å². The Bertz CT molecular complexity index is 597. The molecule has 0 unspecified atom stereocenters. The zero-order valence-corrected chi connectivity index (χ0v) is 13.3. The Morgan fingerprint density at radius 3 is 2.91 bits per heavy atom. The number of carbonyl (C=O) groups excluding carboxylic acids is 2. The van der Waals surface area contributed by atoms with Crippen LogP contribution in [0.4, 0.5) is 0 Å². The Hall–Kier alpha value is -1.89. The minimum atomic E-state index is -0.410. The number of aryl methyl sites for hydroxylation is 2. The van der Waals surface area contributed by atoms with Crippen molar-refractivity contribution in [2.75, 3.05) is 6.54 Å². The fourth-order valence-corrected chi connectivity index (χ4v) is 3.24. The number of nitrogens with zero attached hydrogens (tertiary/aromatic N) is 3. The third kappa shape index (κ3) is 2.61. The van der Waals surface area contributed by atoms with Crippen LogP contribution in [0, 0.1) is 6.92 Å². The average molecular weight is 305 g/mol. The Morgan fingerprint density at radius 2 is 2.23 bits per heavy atom. The molecule has 120 valence electrons. The third-order valence-corrected chi connectivity index (χ3v) is 4.57. The van der Waals surface area contributed by atoms with E-state index < -0.39 is 6.04 Å². The molecule has 7 nitrogen and oxygen atoms in total. The molecule has 2 aliphatic rings. The van der Waals surface area contributed by atoms with E-state index >= 15 is 0 Å². The summed E-state index contributed by atoms with van der Waals surface area (Å²) < 4.78 is 1.92. The predicted molar refractivity (Wildman–Crippen MR) is 81.0 cm³/mol. The third-order valence-electron chi connectivity index (χ3n) is 4.57. The van der Waals surface area contributed by atoms with Crippen LogP contribution < -0.4 is 10.6 Å². The number of hydrogen-bond acceptors (Lipinski definition) is 4. The summed E-state index contributed by atoms with van der Waals surface area (Å²) >= 11 is 0. The Kier molecular flexibility index (Phi) is 3.90. The van der Waals surface area contributed by atoms with Crippen LogP contribution in [0.5, 0.6) is 0 Å². The molecule has 2 saturated heterocycles. The molecule has 2 fully saturated rings. The highest BCUT2D eigenvalue weighted by Crippen LogP contribution is 2.23. The second-order valence-electron chi connectivity index (χ2n) is 6.15. The van der Waals surface area contributed by atoms with Crippen molar-refractivity contribution >= 4 is 11.8 Å². The number of hydrogen-bond donors (Lipinski definition) is 2. The lowest BCUT2D eigenvalue weighted by Gasteiger charge is -2.32. The van der Waals surface area contributed by atoms with E-state index in [1.165, 1.54) is 0 Å². The molecule has 0 radical (unpaired) electrons. The van der Waals surface area contributed by atoms with Gasteiger partial charge in [-0.2, -0.15) is 5.10 Å². The van der Waals surface area contributed by atoms with Crippen molar-refractivity contribution in [3.63, 3.8) is 0 Å². The number of aromatic nitrogens is 2. The summed E-state index contributed by atoms with van der Waals surface area (Å²) in [5, 5.41) is 10.6. The molecule has 0 spiro atoms. The number of carbonyl (C=O) groups is 2. The summed E-state index contributed by atoms with van der Waals surface area (Å²) in [5.41, 5.74) is 2.18. The summed E-state index contributed by atoms with van der Waals surface area (Å²) in [5.74, 6) is -0.0183. The van der Waals surface area contributed by atoms with E-state index in [1.54, 1.807) is 11.8 Å². The number of nitrogens with one attached hydrogen (secondary N) is 2. The zero-order chi connectivity index (χ0) is 15.9. The number of amides is 2. The number of piperazine rings is 1. The molecule has 0 saturated carbocycles. The van der Waals surface area contributed by atoms with E-state index in [4.69, 9.17) is 0 Å². The monoisotopic (exact) mass is 305 g/mol. The van der Waals surface area contributed by atoms with Gasteiger partial charge in [-0.3, -0.25) is 14.3 Å². The number of rotatable bonds is 4. The summed E-state index contributed by atoms with van der Waals surface area (Å²) in [6, 6.07) is -0.581. The van der Waals surface area contributed by atoms with Crippen LogP contribution in [-0.4, -0.2) is 51.2 Å². The molecule has 0 aromatic carbocycles. The van der Waals surface area contributed by atoms with E-state index in [9.17, 15) is 9.59 Å². The van der Waals surface area contributed by atoms with Gasteiger partial charge >= 0.3 is 0 Å². The maximum absolute atomic E-state index is 12.1. The molecule has 0 bridgehead atoms. The molecule has 1 aromatic heterocycles. The maximum atomic E-state index is 12.1. The largest absolute Gasteiger partial charge is 0.343 e. The molecule has 2 aliphatic heterocycles. The first kappa shape index (κ1) is 15.0. The summed E-state index contributed by atoms with van der Waals surface area (Å²) in [6.45, 7) is 7.96. The summed E-state index contributed by atoms with van der Waals surface area (Å²) in [7, 11) is 0. The second kappa shape index (κ2) is 5.72. The summed E-state index contributed by atoms with van der Waals surface area (Å²) in [4.78, 5) is 25.9. The number of fused-ring (bicyclic) bond motifs is 1. The van der Waals surface area contributed by atoms with Gasteiger partial charge in [-0.05, 0) is 27.2 Å². The van der Waals surface area contributed by atoms with Crippen LogP contribution in [0.3, 0.4) is 0 Å². The van der Waals surface area contributed by atoms with Crippen LogP contribution in [0.25, 0.3) is 0 Å². The van der Waals surface area contributed by atoms with Crippen molar-refractivity contribution in [1.29, 1.82) is 0 Å². The van der Waals surface area contributed by atoms with Crippen molar-refractivity contribution in [3.8, 4) is 0 Å². The highest BCUT2D eigenvalue weighted by Gasteiger charge is 2.44. The molecule has 2 amide bonds. The topological polar surface area (TPSA) is 79.3 Å². The fourth-order valence-electron chi connectivity index (χ4n) is 3.24. The smallest absolute Gasteiger partial charge is 0.245 e. The van der Waals surface area contributed by atoms with Gasteiger partial charge in [0, 0.05) is 37.4 Å². The molecular weight excluding hydrogens is 282 g/mol. The quantitative estimate of drug-likeness (QED) is 0.807. The van der Waals surface area contributed by atoms with Gasteiger partial charge in [0.15, 0.2) is 0 Å². The molecular formula is C15H23N5O2. The van der Waals surface area contributed by atoms with Crippen molar-refractivity contribution in [2.45, 2.75) is 58.4 Å². The van der Waals surface area contributed by atoms with Crippen LogP contribution in [0.2, 0.25) is 0 Å². The lowest BCUT2D eigenvalue weighted by molar-refractivity contribution is -0.146. The SMILES string of the molecule is CCn1cc(CN[C@H]2C[C@H]3C(=O)N[C@H](C)C(=O)N3C2)c(C)n1. The van der Waals surface area contributed by atoms with Gasteiger partial charge in [0.1, 0.15) is 12.1 Å². The van der Waals surface area contributed by atoms with Gasteiger partial charge in [-0.25, -0.2) is 0 Å². The lowest BCUT2D eigenvalue weighted by atomic mass is 10.1. The minimum absolute atomic E-state index is 0.0175. The molecule has 3 heterocycles. The highest BCUT2D eigenvalue weighted by molar-refractivity contribution is 5.97. The average Bonchev–Trinajstić information content (AvgIpc) is 3.07. The van der Waals surface area contributed by atoms with Gasteiger partial charge in [0.2, 0.25) is 11.8 Å². The van der Waals surface area contributed by atoms with Crippen LogP contribution >= 0.6 is 0 Å². The normalized spacial score (nSPS) is 28.0. The summed E-state index contributed by atoms with van der Waals surface area (Å²) in [6.07, 6.45) is 2.72. The van der Waals surface area contributed by atoms with E-state index in [0.717, 1.165) is 17.8 Å². The highest BCUT2D eigenvalue weighted by atomic mass is 16.2. The zero-order valence-electron chi connectivity index (χ0n) is 13.3. The van der Waals surface area contributed by atoms with Gasteiger partial charge < -0.3 is 15.5 Å². The van der Waals surface area contributed by atoms with E-state index in [2.05, 4.69) is 22.7 Å². The second-order valence-corrected chi connectivity index (χ2v) is 6.15. The van der Waals surface area contributed by atoms with Gasteiger partial charge in [-0.15, -0.1) is 0 Å². The first-order chi connectivity index (χ1) is 10.5. The standard InChI is InChI=1S/C15H23N5O2/c1-4-19-7-11(9(2)18-19)6-16-12-5-13-14(21)17-10(3)15(22)20(13)8-12/h7,10,12-13,16H,4-6,8H2,1-3H3,(H,17,21)/t10-,12+,13+/m1/s1. The first-order valence-electron chi connectivity index (χ1n) is 7.86. The van der Waals surface area contributed by atoms with Crippen molar-refractivity contribution in [1.82, 2.24) is 25.3 Å². The van der Waals surface area contributed by atoms with Gasteiger partial charge in [0.05, 0.1) is 5.69 Å². The molecule has 0 aliphatic carbocycles. The molecule has 2 N–H and O–H groups in total. The predicted octanol–water partition coefficient (Wildman–Crippen LogP) is -0.211. The fraction of sp³-hybridized carbons (Fsp3) is 0.667. The Balaban J connectivity index is 1.62. The molecule has 3 atom stereocenters. The maximum Gasteiger partial charge on any atom is 0.245 e. The molecule has 3 rings (SSSR count). The van der Waals surface area contributed by atoms with Crippen LogP contribution in [-0.2, 0) is 22.7 Å². The van der Waals surface area contributed by atoms with Crippen LogP contribution in [0.1, 0.15) is 31.5 Å². The molecule has 7 heteroatoms. The minimum Gasteiger partial charge on any atom is -0.343 e.